The summed E-state index contributed by atoms with van der Waals surface area (Å²) in [5, 5.41) is 8.70. The quantitative estimate of drug-likeness (QED) is 0.681. The molecule has 0 bridgehead atoms. The summed E-state index contributed by atoms with van der Waals surface area (Å²) in [7, 11) is 0. The van der Waals surface area contributed by atoms with Crippen molar-refractivity contribution in [1.82, 2.24) is 9.38 Å². The second-order valence-corrected chi connectivity index (χ2v) is 2.39. The Hall–Kier alpha value is -1.84. The van der Waals surface area contributed by atoms with Crippen molar-refractivity contribution in [2.45, 2.75) is 0 Å². The Morgan fingerprint density at radius 1 is 1.50 bits per heavy atom. The third-order valence-electron chi connectivity index (χ3n) is 1.65. The Kier molecular flexibility index (Phi) is 1.33. The van der Waals surface area contributed by atoms with Gasteiger partial charge in [-0.05, 0) is 12.1 Å². The SMILES string of the molecule is O=C(O)c1ncn2ccccc12. The molecule has 1 N–H and O–H groups in total. The van der Waals surface area contributed by atoms with Gasteiger partial charge in [-0.15, -0.1) is 0 Å². The van der Waals surface area contributed by atoms with Gasteiger partial charge in [0.25, 0.3) is 0 Å². The molecule has 0 saturated carbocycles. The molecular formula is C8H6N2O2. The number of hydrogen-bond donors (Lipinski definition) is 1. The van der Waals surface area contributed by atoms with Crippen LogP contribution in [0.1, 0.15) is 10.5 Å². The first-order valence-electron chi connectivity index (χ1n) is 3.44. The average Bonchev–Trinajstić information content (AvgIpc) is 2.47. The number of carboxylic acids is 1. The van der Waals surface area contributed by atoms with Gasteiger partial charge < -0.3 is 9.51 Å². The lowest BCUT2D eigenvalue weighted by molar-refractivity contribution is 0.0693. The maximum Gasteiger partial charge on any atom is 0.356 e. The summed E-state index contributed by atoms with van der Waals surface area (Å²) in [6.45, 7) is 0. The zero-order chi connectivity index (χ0) is 8.55. The molecule has 2 aromatic rings. The van der Waals surface area contributed by atoms with E-state index in [1.165, 1.54) is 6.33 Å². The Bertz CT molecular complexity index is 433. The number of aromatic carboxylic acids is 1. The number of carbonyl (C=O) groups is 1. The van der Waals surface area contributed by atoms with E-state index in [0.717, 1.165) is 0 Å². The van der Waals surface area contributed by atoms with Crippen LogP contribution in [-0.2, 0) is 0 Å². The van der Waals surface area contributed by atoms with Crippen LogP contribution in [0.2, 0.25) is 0 Å². The van der Waals surface area contributed by atoms with Gasteiger partial charge in [-0.1, -0.05) is 6.07 Å². The van der Waals surface area contributed by atoms with Gasteiger partial charge in [0, 0.05) is 6.20 Å². The molecular weight excluding hydrogens is 156 g/mol. The molecule has 2 rings (SSSR count). The van der Waals surface area contributed by atoms with Crippen LogP contribution in [0.15, 0.2) is 30.7 Å². The predicted octanol–water partition coefficient (Wildman–Crippen LogP) is 1.03. The summed E-state index contributed by atoms with van der Waals surface area (Å²) in [6.07, 6.45) is 3.24. The van der Waals surface area contributed by atoms with Crippen molar-refractivity contribution in [1.29, 1.82) is 0 Å². The Morgan fingerprint density at radius 3 is 3.08 bits per heavy atom. The van der Waals surface area contributed by atoms with Crippen LogP contribution in [-0.4, -0.2) is 20.5 Å². The molecule has 12 heavy (non-hydrogen) atoms. The fourth-order valence-electron chi connectivity index (χ4n) is 1.11. The van der Waals surface area contributed by atoms with E-state index in [2.05, 4.69) is 4.98 Å². The first-order chi connectivity index (χ1) is 5.79. The first kappa shape index (κ1) is 6.84. The Labute approximate surface area is 68.1 Å². The zero-order valence-electron chi connectivity index (χ0n) is 6.14. The number of fused-ring (bicyclic) bond motifs is 1. The third kappa shape index (κ3) is 0.852. The zero-order valence-corrected chi connectivity index (χ0v) is 6.14. The maximum atomic E-state index is 10.6. The number of pyridine rings is 1. The molecule has 0 aliphatic heterocycles. The van der Waals surface area contributed by atoms with Crippen LogP contribution < -0.4 is 0 Å². The van der Waals surface area contributed by atoms with E-state index in [0.29, 0.717) is 5.52 Å². The van der Waals surface area contributed by atoms with E-state index in [9.17, 15) is 4.79 Å². The minimum absolute atomic E-state index is 0.0931. The molecule has 0 atom stereocenters. The molecule has 0 aliphatic rings. The topological polar surface area (TPSA) is 54.6 Å². The van der Waals surface area contributed by atoms with Gasteiger partial charge in [-0.2, -0.15) is 0 Å². The second kappa shape index (κ2) is 2.34. The minimum Gasteiger partial charge on any atom is -0.476 e. The summed E-state index contributed by atoms with van der Waals surface area (Å²) >= 11 is 0. The largest absolute Gasteiger partial charge is 0.476 e. The molecule has 0 amide bonds. The highest BCUT2D eigenvalue weighted by Gasteiger charge is 2.09. The molecule has 4 nitrogen and oxygen atoms in total. The van der Waals surface area contributed by atoms with Crippen LogP contribution >= 0.6 is 0 Å². The van der Waals surface area contributed by atoms with Crippen molar-refractivity contribution in [2.24, 2.45) is 0 Å². The normalized spacial score (nSPS) is 10.3. The summed E-state index contributed by atoms with van der Waals surface area (Å²) in [5.74, 6) is -0.997. The smallest absolute Gasteiger partial charge is 0.356 e. The van der Waals surface area contributed by atoms with Crippen molar-refractivity contribution in [2.75, 3.05) is 0 Å². The van der Waals surface area contributed by atoms with Gasteiger partial charge in [0.15, 0.2) is 5.69 Å². The molecule has 0 saturated heterocycles. The molecule has 0 fully saturated rings. The molecule has 0 aromatic carbocycles. The maximum absolute atomic E-state index is 10.6. The standard InChI is InChI=1S/C8H6N2O2/c11-8(12)7-6-3-1-2-4-10(6)5-9-7/h1-5H,(H,11,12). The van der Waals surface area contributed by atoms with Crippen molar-refractivity contribution in [3.63, 3.8) is 0 Å². The van der Waals surface area contributed by atoms with Crippen LogP contribution in [0.25, 0.3) is 5.52 Å². The molecule has 0 spiro atoms. The van der Waals surface area contributed by atoms with Gasteiger partial charge in [-0.25, -0.2) is 9.78 Å². The van der Waals surface area contributed by atoms with Gasteiger partial charge >= 0.3 is 5.97 Å². The molecule has 4 heteroatoms. The van der Waals surface area contributed by atoms with Crippen molar-refractivity contribution in [3.05, 3.63) is 36.4 Å². The molecule has 0 radical (unpaired) electrons. The number of aromatic nitrogens is 2. The van der Waals surface area contributed by atoms with Crippen LogP contribution in [0.5, 0.6) is 0 Å². The van der Waals surface area contributed by atoms with Crippen LogP contribution in [0, 0.1) is 0 Å². The molecule has 2 aromatic heterocycles. The summed E-state index contributed by atoms with van der Waals surface area (Å²) in [6, 6.07) is 5.32. The molecule has 0 unspecified atom stereocenters. The van der Waals surface area contributed by atoms with E-state index in [-0.39, 0.29) is 5.69 Å². The number of carboxylic acid groups (broad SMARTS) is 1. The van der Waals surface area contributed by atoms with E-state index in [1.807, 2.05) is 6.07 Å². The summed E-state index contributed by atoms with van der Waals surface area (Å²) < 4.78 is 1.67. The highest BCUT2D eigenvalue weighted by molar-refractivity contribution is 5.93. The highest BCUT2D eigenvalue weighted by Crippen LogP contribution is 2.07. The fourth-order valence-corrected chi connectivity index (χ4v) is 1.11. The number of rotatable bonds is 1. The lowest BCUT2D eigenvalue weighted by Crippen LogP contribution is -1.96. The van der Waals surface area contributed by atoms with Gasteiger partial charge in [0.05, 0.1) is 5.52 Å². The van der Waals surface area contributed by atoms with Crippen molar-refractivity contribution in [3.8, 4) is 0 Å². The van der Waals surface area contributed by atoms with E-state index >= 15 is 0 Å². The van der Waals surface area contributed by atoms with E-state index in [1.54, 1.807) is 22.7 Å². The lowest BCUT2D eigenvalue weighted by atomic mass is 10.3. The molecule has 60 valence electrons. The monoisotopic (exact) mass is 162 g/mol. The van der Waals surface area contributed by atoms with Gasteiger partial charge in [-0.3, -0.25) is 0 Å². The van der Waals surface area contributed by atoms with Crippen LogP contribution in [0.3, 0.4) is 0 Å². The van der Waals surface area contributed by atoms with E-state index < -0.39 is 5.97 Å². The number of nitrogens with zero attached hydrogens (tertiary/aromatic N) is 2. The Morgan fingerprint density at radius 2 is 2.33 bits per heavy atom. The fraction of sp³-hybridized carbons (Fsp3) is 0. The average molecular weight is 162 g/mol. The first-order valence-corrected chi connectivity index (χ1v) is 3.44. The highest BCUT2D eigenvalue weighted by atomic mass is 16.4. The Balaban J connectivity index is 2.79. The van der Waals surface area contributed by atoms with Gasteiger partial charge in [0.1, 0.15) is 6.33 Å². The van der Waals surface area contributed by atoms with Crippen molar-refractivity contribution >= 4 is 11.5 Å². The minimum atomic E-state index is -0.997. The third-order valence-corrected chi connectivity index (χ3v) is 1.65. The van der Waals surface area contributed by atoms with Crippen molar-refractivity contribution < 1.29 is 9.90 Å². The second-order valence-electron chi connectivity index (χ2n) is 2.39. The summed E-state index contributed by atoms with van der Waals surface area (Å²) in [5.41, 5.74) is 0.709. The lowest BCUT2D eigenvalue weighted by Gasteiger charge is -1.91. The number of imidazole rings is 1. The van der Waals surface area contributed by atoms with Gasteiger partial charge in [0.2, 0.25) is 0 Å². The molecule has 0 aliphatic carbocycles. The predicted molar refractivity (Wildman–Crippen MR) is 42.2 cm³/mol. The van der Waals surface area contributed by atoms with E-state index in [4.69, 9.17) is 5.11 Å². The van der Waals surface area contributed by atoms with Crippen LogP contribution in [0.4, 0.5) is 0 Å². The number of hydrogen-bond acceptors (Lipinski definition) is 2. The summed E-state index contributed by atoms with van der Waals surface area (Å²) in [4.78, 5) is 14.4. The molecule has 2 heterocycles.